The lowest BCUT2D eigenvalue weighted by Crippen LogP contribution is -2.21. The molecule has 0 aromatic heterocycles. The predicted molar refractivity (Wildman–Crippen MR) is 68.2 cm³/mol. The van der Waals surface area contributed by atoms with Crippen molar-refractivity contribution in [2.45, 2.75) is 12.5 Å². The van der Waals surface area contributed by atoms with Gasteiger partial charge in [0.1, 0.15) is 23.3 Å². The van der Waals surface area contributed by atoms with E-state index in [1.165, 1.54) is 12.1 Å². The molecule has 106 valence electrons. The van der Waals surface area contributed by atoms with Gasteiger partial charge in [-0.2, -0.15) is 0 Å². The second kappa shape index (κ2) is 6.05. The Hall–Kier alpha value is -1.88. The Kier molecular flexibility index (Phi) is 4.39. The molecule has 1 N–H and O–H groups in total. The third-order valence-electron chi connectivity index (χ3n) is 3.09. The summed E-state index contributed by atoms with van der Waals surface area (Å²) < 4.78 is 53.2. The molecule has 2 aromatic rings. The van der Waals surface area contributed by atoms with Crippen LogP contribution in [0.4, 0.5) is 17.6 Å². The Morgan fingerprint density at radius 2 is 1.45 bits per heavy atom. The highest BCUT2D eigenvalue weighted by molar-refractivity contribution is 5.27. The maximum absolute atomic E-state index is 13.7. The predicted octanol–water partition coefficient (Wildman–Crippen LogP) is 3.75. The van der Waals surface area contributed by atoms with Gasteiger partial charge in [0.15, 0.2) is 0 Å². The number of hydrogen-bond acceptors (Lipinski definition) is 1. The maximum atomic E-state index is 13.7. The summed E-state index contributed by atoms with van der Waals surface area (Å²) in [7, 11) is 1.55. The minimum Gasteiger partial charge on any atom is -0.313 e. The third-order valence-corrected chi connectivity index (χ3v) is 3.09. The summed E-state index contributed by atoms with van der Waals surface area (Å²) in [6, 6.07) is 6.26. The van der Waals surface area contributed by atoms with Gasteiger partial charge in [-0.05, 0) is 31.2 Å². The summed E-state index contributed by atoms with van der Waals surface area (Å²) in [6.07, 6.45) is 0.260. The zero-order valence-electron chi connectivity index (χ0n) is 10.8. The van der Waals surface area contributed by atoms with Crippen molar-refractivity contribution in [3.05, 3.63) is 70.8 Å². The summed E-state index contributed by atoms with van der Waals surface area (Å²) in [4.78, 5) is 0. The molecule has 0 aliphatic rings. The molecule has 1 unspecified atom stereocenters. The lowest BCUT2D eigenvalue weighted by Gasteiger charge is -2.18. The minimum absolute atomic E-state index is 0.224. The van der Waals surface area contributed by atoms with Crippen LogP contribution in [0.2, 0.25) is 0 Å². The molecule has 5 heteroatoms. The minimum atomic E-state index is -0.958. The Balaban J connectivity index is 2.31. The number of likely N-dealkylation sites (N-methyl/N-ethyl adjacent to an activating group) is 1. The summed E-state index contributed by atoms with van der Waals surface area (Å²) in [6.45, 7) is 0. The number of halogens is 4. The van der Waals surface area contributed by atoms with E-state index in [-0.39, 0.29) is 17.8 Å². The van der Waals surface area contributed by atoms with E-state index >= 15 is 0 Å². The van der Waals surface area contributed by atoms with Crippen LogP contribution < -0.4 is 5.32 Å². The van der Waals surface area contributed by atoms with Gasteiger partial charge in [-0.3, -0.25) is 0 Å². The zero-order chi connectivity index (χ0) is 14.7. The zero-order valence-corrected chi connectivity index (χ0v) is 10.8. The molecule has 2 aromatic carbocycles. The Morgan fingerprint density at radius 1 is 0.900 bits per heavy atom. The number of rotatable bonds is 4. The quantitative estimate of drug-likeness (QED) is 0.843. The number of nitrogens with one attached hydrogen (secondary N) is 1. The molecule has 0 radical (unpaired) electrons. The van der Waals surface area contributed by atoms with Gasteiger partial charge in [0.2, 0.25) is 0 Å². The summed E-state index contributed by atoms with van der Waals surface area (Å²) in [5, 5.41) is 2.79. The van der Waals surface area contributed by atoms with Gasteiger partial charge < -0.3 is 5.32 Å². The topological polar surface area (TPSA) is 12.0 Å². The molecule has 2 rings (SSSR count). The molecule has 1 nitrogen and oxygen atoms in total. The van der Waals surface area contributed by atoms with E-state index in [0.717, 1.165) is 0 Å². The molecule has 0 aliphatic heterocycles. The molecule has 0 amide bonds. The van der Waals surface area contributed by atoms with E-state index in [2.05, 4.69) is 5.32 Å². The van der Waals surface area contributed by atoms with Gasteiger partial charge in [0, 0.05) is 23.7 Å². The highest BCUT2D eigenvalue weighted by Gasteiger charge is 2.20. The van der Waals surface area contributed by atoms with Crippen molar-refractivity contribution in [2.24, 2.45) is 0 Å². The normalized spacial score (nSPS) is 12.4. The second-order valence-electron chi connectivity index (χ2n) is 4.45. The number of hydrogen-bond donors (Lipinski definition) is 1. The Labute approximate surface area is 114 Å². The molecule has 0 fully saturated rings. The van der Waals surface area contributed by atoms with Crippen molar-refractivity contribution < 1.29 is 17.6 Å². The van der Waals surface area contributed by atoms with Crippen molar-refractivity contribution in [1.29, 1.82) is 0 Å². The second-order valence-corrected chi connectivity index (χ2v) is 4.45. The highest BCUT2D eigenvalue weighted by atomic mass is 19.1. The Bertz CT molecular complexity index is 572. The molecular formula is C15H13F4N. The summed E-state index contributed by atoms with van der Waals surface area (Å²) >= 11 is 0. The fraction of sp³-hybridized carbons (Fsp3) is 0.200. The summed E-state index contributed by atoms with van der Waals surface area (Å²) in [5.41, 5.74) is 0.493. The van der Waals surface area contributed by atoms with E-state index in [9.17, 15) is 17.6 Å². The SMILES string of the molecule is CNC(Cc1ccc(F)cc1)c1c(F)cc(F)cc1F. The average Bonchev–Trinajstić information content (AvgIpc) is 2.38. The molecule has 0 spiro atoms. The van der Waals surface area contributed by atoms with Crippen LogP contribution in [0.25, 0.3) is 0 Å². The van der Waals surface area contributed by atoms with E-state index in [1.807, 2.05) is 0 Å². The van der Waals surface area contributed by atoms with Gasteiger partial charge in [-0.1, -0.05) is 12.1 Å². The first kappa shape index (κ1) is 14.5. The van der Waals surface area contributed by atoms with Crippen LogP contribution in [0.15, 0.2) is 36.4 Å². The molecule has 0 bridgehead atoms. The van der Waals surface area contributed by atoms with Crippen LogP contribution in [-0.2, 0) is 6.42 Å². The molecule has 20 heavy (non-hydrogen) atoms. The molecule has 0 aliphatic carbocycles. The van der Waals surface area contributed by atoms with Crippen molar-refractivity contribution in [3.8, 4) is 0 Å². The van der Waals surface area contributed by atoms with Gasteiger partial charge in [0.25, 0.3) is 0 Å². The van der Waals surface area contributed by atoms with Crippen molar-refractivity contribution in [1.82, 2.24) is 5.32 Å². The van der Waals surface area contributed by atoms with Crippen LogP contribution in [0.3, 0.4) is 0 Å². The smallest absolute Gasteiger partial charge is 0.133 e. The lowest BCUT2D eigenvalue weighted by molar-refractivity contribution is 0.475. The van der Waals surface area contributed by atoms with Gasteiger partial charge in [-0.15, -0.1) is 0 Å². The van der Waals surface area contributed by atoms with Crippen LogP contribution >= 0.6 is 0 Å². The Morgan fingerprint density at radius 3 is 1.95 bits per heavy atom. The monoisotopic (exact) mass is 283 g/mol. The molecule has 1 atom stereocenters. The van der Waals surface area contributed by atoms with E-state index in [1.54, 1.807) is 19.2 Å². The third kappa shape index (κ3) is 3.17. The molecule has 0 saturated carbocycles. The van der Waals surface area contributed by atoms with Crippen LogP contribution in [0, 0.1) is 23.3 Å². The molecular weight excluding hydrogens is 270 g/mol. The first-order valence-corrected chi connectivity index (χ1v) is 6.07. The van der Waals surface area contributed by atoms with E-state index < -0.39 is 23.5 Å². The van der Waals surface area contributed by atoms with E-state index in [4.69, 9.17) is 0 Å². The van der Waals surface area contributed by atoms with Crippen LogP contribution in [-0.4, -0.2) is 7.05 Å². The van der Waals surface area contributed by atoms with E-state index in [0.29, 0.717) is 17.7 Å². The standard InChI is InChI=1S/C15H13F4N/c1-20-14(6-9-2-4-10(16)5-3-9)15-12(18)7-11(17)8-13(15)19/h2-5,7-8,14,20H,6H2,1H3. The van der Waals surface area contributed by atoms with Crippen molar-refractivity contribution in [3.63, 3.8) is 0 Å². The average molecular weight is 283 g/mol. The molecule has 0 saturated heterocycles. The summed E-state index contributed by atoms with van der Waals surface area (Å²) in [5.74, 6) is -3.22. The maximum Gasteiger partial charge on any atom is 0.133 e. The van der Waals surface area contributed by atoms with Crippen LogP contribution in [0.1, 0.15) is 17.2 Å². The fourth-order valence-electron chi connectivity index (χ4n) is 2.09. The first-order valence-electron chi connectivity index (χ1n) is 6.07. The van der Waals surface area contributed by atoms with Crippen LogP contribution in [0.5, 0.6) is 0 Å². The molecule has 0 heterocycles. The fourth-order valence-corrected chi connectivity index (χ4v) is 2.09. The van der Waals surface area contributed by atoms with Crippen molar-refractivity contribution >= 4 is 0 Å². The van der Waals surface area contributed by atoms with Gasteiger partial charge in [0.05, 0.1) is 0 Å². The highest BCUT2D eigenvalue weighted by Crippen LogP contribution is 2.25. The lowest BCUT2D eigenvalue weighted by atomic mass is 9.98. The largest absolute Gasteiger partial charge is 0.313 e. The van der Waals surface area contributed by atoms with Gasteiger partial charge >= 0.3 is 0 Å². The van der Waals surface area contributed by atoms with Crippen molar-refractivity contribution in [2.75, 3.05) is 7.05 Å². The van der Waals surface area contributed by atoms with Gasteiger partial charge in [-0.25, -0.2) is 17.6 Å². The number of benzene rings is 2. The first-order chi connectivity index (χ1) is 9.51.